The molecule has 18 heavy (non-hydrogen) atoms. The van der Waals surface area contributed by atoms with Gasteiger partial charge in [0.15, 0.2) is 0 Å². The predicted octanol–water partition coefficient (Wildman–Crippen LogP) is 1.84. The molecule has 0 radical (unpaired) electrons. The Balaban J connectivity index is 2.69. The van der Waals surface area contributed by atoms with Crippen LogP contribution in [0.2, 0.25) is 0 Å². The summed E-state index contributed by atoms with van der Waals surface area (Å²) < 4.78 is 13.7. The zero-order chi connectivity index (χ0) is 13.8. The number of benzene rings is 1. The normalized spacial score (nSPS) is 11.6. The number of nitrogens with zero attached hydrogens (tertiary/aromatic N) is 1. The third-order valence-electron chi connectivity index (χ3n) is 2.60. The van der Waals surface area contributed by atoms with Gasteiger partial charge in [-0.15, -0.1) is 0 Å². The Labute approximate surface area is 105 Å². The molecule has 100 valence electrons. The van der Waals surface area contributed by atoms with Gasteiger partial charge in [-0.1, -0.05) is 26.0 Å². The van der Waals surface area contributed by atoms with Crippen molar-refractivity contribution in [1.82, 2.24) is 5.32 Å². The summed E-state index contributed by atoms with van der Waals surface area (Å²) in [6, 6.07) is 4.09. The molecular weight excluding hydrogens is 239 g/mol. The van der Waals surface area contributed by atoms with Crippen LogP contribution in [-0.2, 0) is 6.54 Å². The van der Waals surface area contributed by atoms with Crippen molar-refractivity contribution in [3.8, 4) is 0 Å². The second-order valence-electron chi connectivity index (χ2n) is 4.93. The molecule has 0 fully saturated rings. The molecule has 0 aromatic heterocycles. The maximum Gasteiger partial charge on any atom is 0.305 e. The number of rotatable bonds is 6. The fraction of sp³-hybridized carbons (Fsp3) is 0.500. The molecule has 0 aliphatic carbocycles. The zero-order valence-electron chi connectivity index (χ0n) is 10.4. The largest absolute Gasteiger partial charge is 0.396 e. The second kappa shape index (κ2) is 5.88. The van der Waals surface area contributed by atoms with E-state index < -0.39 is 16.4 Å². The molecule has 0 aliphatic rings. The average Bonchev–Trinajstić information content (AvgIpc) is 2.31. The number of aliphatic hydroxyl groups excluding tert-OH is 1. The maximum atomic E-state index is 13.7. The summed E-state index contributed by atoms with van der Waals surface area (Å²) in [5.41, 5.74) is -0.578. The third kappa shape index (κ3) is 3.75. The third-order valence-corrected chi connectivity index (χ3v) is 2.60. The summed E-state index contributed by atoms with van der Waals surface area (Å²) in [4.78, 5) is 9.83. The summed E-state index contributed by atoms with van der Waals surface area (Å²) >= 11 is 0. The molecular formula is C12H17FN2O3. The van der Waals surface area contributed by atoms with Gasteiger partial charge in [-0.3, -0.25) is 10.1 Å². The van der Waals surface area contributed by atoms with Crippen LogP contribution in [0.4, 0.5) is 10.1 Å². The maximum absolute atomic E-state index is 13.7. The fourth-order valence-electron chi connectivity index (χ4n) is 1.44. The lowest BCUT2D eigenvalue weighted by Gasteiger charge is -2.21. The Kier molecular flexibility index (Phi) is 4.75. The van der Waals surface area contributed by atoms with Crippen LogP contribution in [0.3, 0.4) is 0 Å². The number of nitro benzene ring substituents is 1. The molecule has 0 amide bonds. The van der Waals surface area contributed by atoms with Gasteiger partial charge < -0.3 is 10.4 Å². The van der Waals surface area contributed by atoms with Gasteiger partial charge in [-0.25, -0.2) is 0 Å². The Bertz CT molecular complexity index is 435. The number of halogens is 1. The molecule has 0 saturated heterocycles. The lowest BCUT2D eigenvalue weighted by atomic mass is 9.95. The highest BCUT2D eigenvalue weighted by atomic mass is 19.1. The van der Waals surface area contributed by atoms with E-state index >= 15 is 0 Å². The van der Waals surface area contributed by atoms with Crippen molar-refractivity contribution in [1.29, 1.82) is 0 Å². The fourth-order valence-corrected chi connectivity index (χ4v) is 1.44. The number of hydrogen-bond donors (Lipinski definition) is 2. The van der Waals surface area contributed by atoms with Crippen LogP contribution >= 0.6 is 0 Å². The lowest BCUT2D eigenvalue weighted by Crippen LogP contribution is -2.32. The van der Waals surface area contributed by atoms with Crippen molar-refractivity contribution in [2.24, 2.45) is 5.41 Å². The van der Waals surface area contributed by atoms with Crippen LogP contribution < -0.4 is 5.32 Å². The van der Waals surface area contributed by atoms with Gasteiger partial charge in [0.1, 0.15) is 0 Å². The van der Waals surface area contributed by atoms with Crippen molar-refractivity contribution in [3.05, 3.63) is 39.7 Å². The molecule has 0 unspecified atom stereocenters. The van der Waals surface area contributed by atoms with Crippen LogP contribution in [0.15, 0.2) is 18.2 Å². The zero-order valence-corrected chi connectivity index (χ0v) is 10.4. The van der Waals surface area contributed by atoms with Gasteiger partial charge in [0.2, 0.25) is 5.82 Å². The van der Waals surface area contributed by atoms with E-state index in [0.29, 0.717) is 6.54 Å². The van der Waals surface area contributed by atoms with Crippen molar-refractivity contribution in [3.63, 3.8) is 0 Å². The van der Waals surface area contributed by atoms with E-state index in [1.54, 1.807) is 0 Å². The summed E-state index contributed by atoms with van der Waals surface area (Å²) in [6.07, 6.45) is 0. The van der Waals surface area contributed by atoms with Gasteiger partial charge in [-0.05, 0) is 0 Å². The lowest BCUT2D eigenvalue weighted by molar-refractivity contribution is -0.387. The van der Waals surface area contributed by atoms with Crippen LogP contribution in [0, 0.1) is 21.3 Å². The highest BCUT2D eigenvalue weighted by Crippen LogP contribution is 2.20. The monoisotopic (exact) mass is 256 g/mol. The second-order valence-corrected chi connectivity index (χ2v) is 4.93. The van der Waals surface area contributed by atoms with Crippen LogP contribution in [0.1, 0.15) is 19.4 Å². The molecule has 0 saturated carbocycles. The first-order valence-electron chi connectivity index (χ1n) is 5.61. The molecule has 2 N–H and O–H groups in total. The van der Waals surface area contributed by atoms with E-state index in [-0.39, 0.29) is 24.1 Å². The summed E-state index contributed by atoms with van der Waals surface area (Å²) in [5.74, 6) is -0.809. The van der Waals surface area contributed by atoms with E-state index in [0.717, 1.165) is 6.07 Å². The van der Waals surface area contributed by atoms with E-state index in [1.165, 1.54) is 12.1 Å². The predicted molar refractivity (Wildman–Crippen MR) is 65.6 cm³/mol. The van der Waals surface area contributed by atoms with Gasteiger partial charge in [-0.2, -0.15) is 4.39 Å². The van der Waals surface area contributed by atoms with Crippen molar-refractivity contribution in [2.45, 2.75) is 20.4 Å². The molecule has 0 aliphatic heterocycles. The molecule has 5 nitrogen and oxygen atoms in total. The highest BCUT2D eigenvalue weighted by Gasteiger charge is 2.19. The molecule has 1 rings (SSSR count). The van der Waals surface area contributed by atoms with Crippen molar-refractivity contribution in [2.75, 3.05) is 13.2 Å². The summed E-state index contributed by atoms with van der Waals surface area (Å²) in [5, 5.41) is 22.6. The molecule has 0 heterocycles. The number of nitrogens with one attached hydrogen (secondary N) is 1. The van der Waals surface area contributed by atoms with Gasteiger partial charge in [0.25, 0.3) is 0 Å². The van der Waals surface area contributed by atoms with E-state index in [2.05, 4.69) is 5.32 Å². The van der Waals surface area contributed by atoms with Gasteiger partial charge in [0, 0.05) is 36.7 Å². The minimum absolute atomic E-state index is 0.0113. The molecule has 1 aromatic carbocycles. The first-order chi connectivity index (χ1) is 8.37. The van der Waals surface area contributed by atoms with Gasteiger partial charge in [0.05, 0.1) is 4.92 Å². The van der Waals surface area contributed by atoms with E-state index in [9.17, 15) is 14.5 Å². The number of aliphatic hydroxyl groups is 1. The number of hydrogen-bond acceptors (Lipinski definition) is 4. The highest BCUT2D eigenvalue weighted by molar-refractivity contribution is 5.36. The first-order valence-corrected chi connectivity index (χ1v) is 5.61. The topological polar surface area (TPSA) is 75.4 Å². The average molecular weight is 256 g/mol. The Hall–Kier alpha value is -1.53. The smallest absolute Gasteiger partial charge is 0.305 e. The summed E-state index contributed by atoms with van der Waals surface area (Å²) in [7, 11) is 0. The standard InChI is InChI=1S/C12H17FN2O3/c1-12(2,8-16)7-14-6-9-4-3-5-10(11(9)13)15(17)18/h3-5,14,16H,6-8H2,1-2H3. The van der Waals surface area contributed by atoms with Crippen molar-refractivity contribution >= 4 is 5.69 Å². The van der Waals surface area contributed by atoms with Crippen LogP contribution in [0.25, 0.3) is 0 Å². The summed E-state index contributed by atoms with van der Waals surface area (Å²) in [6.45, 7) is 4.42. The van der Waals surface area contributed by atoms with Crippen LogP contribution in [0.5, 0.6) is 0 Å². The number of nitro groups is 1. The minimum atomic E-state index is -0.809. The van der Waals surface area contributed by atoms with E-state index in [4.69, 9.17) is 5.11 Å². The SMILES string of the molecule is CC(C)(CO)CNCc1cccc([N+](=O)[O-])c1F. The molecule has 0 bridgehead atoms. The van der Waals surface area contributed by atoms with Crippen molar-refractivity contribution < 1.29 is 14.4 Å². The minimum Gasteiger partial charge on any atom is -0.396 e. The first kappa shape index (κ1) is 14.5. The van der Waals surface area contributed by atoms with E-state index in [1.807, 2.05) is 13.8 Å². The molecule has 6 heteroatoms. The Morgan fingerprint density at radius 2 is 2.17 bits per heavy atom. The van der Waals surface area contributed by atoms with Gasteiger partial charge >= 0.3 is 5.69 Å². The Morgan fingerprint density at radius 1 is 1.50 bits per heavy atom. The molecule has 0 spiro atoms. The molecule has 1 aromatic rings. The molecule has 0 atom stereocenters. The van der Waals surface area contributed by atoms with Crippen LogP contribution in [-0.4, -0.2) is 23.2 Å². The Morgan fingerprint density at radius 3 is 2.72 bits per heavy atom. The quantitative estimate of drug-likeness (QED) is 0.601.